The fourth-order valence-corrected chi connectivity index (χ4v) is 5.55. The predicted molar refractivity (Wildman–Crippen MR) is 111 cm³/mol. The largest absolute Gasteiger partial charge is 0.336 e. The molecule has 0 saturated carbocycles. The van der Waals surface area contributed by atoms with Gasteiger partial charge in [0.15, 0.2) is 0 Å². The van der Waals surface area contributed by atoms with Crippen molar-refractivity contribution in [2.24, 2.45) is 0 Å². The predicted octanol–water partition coefficient (Wildman–Crippen LogP) is 2.07. The highest BCUT2D eigenvalue weighted by molar-refractivity contribution is 7.89. The number of nitrogens with zero attached hydrogens (tertiary/aromatic N) is 3. The van der Waals surface area contributed by atoms with Gasteiger partial charge in [0.1, 0.15) is 0 Å². The molecular formula is C19H26N4O3S2. The maximum absolute atomic E-state index is 12.7. The van der Waals surface area contributed by atoms with Crippen molar-refractivity contribution in [3.8, 4) is 0 Å². The fourth-order valence-electron chi connectivity index (χ4n) is 3.19. The number of rotatable bonds is 6. The van der Waals surface area contributed by atoms with Gasteiger partial charge >= 0.3 is 6.03 Å². The van der Waals surface area contributed by atoms with Crippen molar-refractivity contribution >= 4 is 27.4 Å². The van der Waals surface area contributed by atoms with Crippen molar-refractivity contribution in [2.75, 3.05) is 46.8 Å². The van der Waals surface area contributed by atoms with Gasteiger partial charge in [0.05, 0.1) is 10.9 Å². The Kier molecular flexibility index (Phi) is 6.71. The minimum Gasteiger partial charge on any atom is -0.336 e. The van der Waals surface area contributed by atoms with Crippen LogP contribution in [-0.4, -0.2) is 75.4 Å². The summed E-state index contributed by atoms with van der Waals surface area (Å²) in [5.41, 5.74) is 0. The number of sulfonamides is 1. The van der Waals surface area contributed by atoms with E-state index in [1.54, 1.807) is 46.6 Å². The topological polar surface area (TPSA) is 73.0 Å². The second-order valence-electron chi connectivity index (χ2n) is 6.89. The molecule has 1 aromatic heterocycles. The molecule has 2 heterocycles. The molecule has 3 rings (SSSR count). The van der Waals surface area contributed by atoms with Crippen LogP contribution < -0.4 is 5.32 Å². The van der Waals surface area contributed by atoms with Crippen molar-refractivity contribution in [1.29, 1.82) is 0 Å². The highest BCUT2D eigenvalue weighted by Crippen LogP contribution is 2.22. The molecule has 1 aromatic carbocycles. The van der Waals surface area contributed by atoms with Gasteiger partial charge in [0, 0.05) is 37.6 Å². The molecule has 7 nitrogen and oxygen atoms in total. The Morgan fingerprint density at radius 1 is 1.11 bits per heavy atom. The van der Waals surface area contributed by atoms with E-state index in [4.69, 9.17) is 0 Å². The van der Waals surface area contributed by atoms with Crippen LogP contribution in [0.3, 0.4) is 0 Å². The number of likely N-dealkylation sites (N-methyl/N-ethyl adjacent to an activating group) is 1. The molecule has 1 unspecified atom stereocenters. The van der Waals surface area contributed by atoms with Crippen LogP contribution in [0.25, 0.3) is 0 Å². The van der Waals surface area contributed by atoms with Gasteiger partial charge in [0.25, 0.3) is 0 Å². The van der Waals surface area contributed by atoms with Gasteiger partial charge in [-0.3, -0.25) is 0 Å². The van der Waals surface area contributed by atoms with Gasteiger partial charge in [-0.05, 0) is 37.7 Å². The molecule has 1 fully saturated rings. The van der Waals surface area contributed by atoms with Crippen molar-refractivity contribution < 1.29 is 13.2 Å². The normalized spacial score (nSPS) is 16.9. The summed E-state index contributed by atoms with van der Waals surface area (Å²) in [5.74, 6) is 0. The SMILES string of the molecule is CN(C)C(CNC(=O)N1CCN(S(=O)(=O)c2ccccc2)CC1)c1cccs1. The number of amides is 2. The summed E-state index contributed by atoms with van der Waals surface area (Å²) >= 11 is 1.67. The molecule has 1 saturated heterocycles. The Bertz CT molecular complexity index is 862. The monoisotopic (exact) mass is 422 g/mol. The molecule has 2 amide bonds. The molecular weight excluding hydrogens is 396 g/mol. The smallest absolute Gasteiger partial charge is 0.317 e. The standard InChI is InChI=1S/C19H26N4O3S2/c1-21(2)17(18-9-6-14-27-18)15-20-19(24)22-10-12-23(13-11-22)28(25,26)16-7-4-3-5-8-16/h3-9,14,17H,10-13,15H2,1-2H3,(H,20,24). The van der Waals surface area contributed by atoms with Crippen molar-refractivity contribution in [1.82, 2.24) is 19.4 Å². The van der Waals surface area contributed by atoms with Gasteiger partial charge in [-0.15, -0.1) is 11.3 Å². The van der Waals surface area contributed by atoms with Crippen molar-refractivity contribution in [3.05, 3.63) is 52.7 Å². The molecule has 0 spiro atoms. The average molecular weight is 423 g/mol. The summed E-state index contributed by atoms with van der Waals surface area (Å²) in [7, 11) is 0.472. The second kappa shape index (κ2) is 9.04. The van der Waals surface area contributed by atoms with E-state index in [1.165, 1.54) is 9.18 Å². The molecule has 0 radical (unpaired) electrons. The number of hydrogen-bond donors (Lipinski definition) is 1. The molecule has 28 heavy (non-hydrogen) atoms. The Hall–Kier alpha value is -1.94. The van der Waals surface area contributed by atoms with Crippen LogP contribution in [0.4, 0.5) is 4.79 Å². The molecule has 0 bridgehead atoms. The Morgan fingerprint density at radius 2 is 1.79 bits per heavy atom. The number of piperazine rings is 1. The summed E-state index contributed by atoms with van der Waals surface area (Å²) in [6.45, 7) is 1.86. The molecule has 1 N–H and O–H groups in total. The van der Waals surface area contributed by atoms with E-state index >= 15 is 0 Å². The zero-order chi connectivity index (χ0) is 20.1. The molecule has 1 aliphatic rings. The van der Waals surface area contributed by atoms with E-state index in [0.717, 1.165) is 0 Å². The van der Waals surface area contributed by atoms with Gasteiger partial charge in [-0.2, -0.15) is 4.31 Å². The Labute approximate surface area is 170 Å². The zero-order valence-corrected chi connectivity index (χ0v) is 17.7. The van der Waals surface area contributed by atoms with Gasteiger partial charge < -0.3 is 15.1 Å². The van der Waals surface area contributed by atoms with Crippen LogP contribution in [0.5, 0.6) is 0 Å². The summed E-state index contributed by atoms with van der Waals surface area (Å²) in [6.07, 6.45) is 0. The first-order valence-corrected chi connectivity index (χ1v) is 11.5. The molecule has 9 heteroatoms. The van der Waals surface area contributed by atoms with E-state index in [0.29, 0.717) is 32.7 Å². The number of thiophene rings is 1. The first-order chi connectivity index (χ1) is 13.4. The van der Waals surface area contributed by atoms with E-state index in [2.05, 4.69) is 16.3 Å². The lowest BCUT2D eigenvalue weighted by Crippen LogP contribution is -2.53. The maximum Gasteiger partial charge on any atom is 0.317 e. The van der Waals surface area contributed by atoms with Crippen LogP contribution in [0, 0.1) is 0 Å². The van der Waals surface area contributed by atoms with Crippen LogP contribution in [0.1, 0.15) is 10.9 Å². The number of urea groups is 1. The molecule has 152 valence electrons. The maximum atomic E-state index is 12.7. The lowest BCUT2D eigenvalue weighted by atomic mass is 10.2. The fraction of sp³-hybridized carbons (Fsp3) is 0.421. The van der Waals surface area contributed by atoms with Crippen LogP contribution in [-0.2, 0) is 10.0 Å². The van der Waals surface area contributed by atoms with Gasteiger partial charge in [0.2, 0.25) is 10.0 Å². The third-order valence-electron chi connectivity index (χ3n) is 4.85. The van der Waals surface area contributed by atoms with Crippen LogP contribution >= 0.6 is 11.3 Å². The third-order valence-corrected chi connectivity index (χ3v) is 7.73. The lowest BCUT2D eigenvalue weighted by molar-refractivity contribution is 0.168. The van der Waals surface area contributed by atoms with Crippen LogP contribution in [0.2, 0.25) is 0 Å². The van der Waals surface area contributed by atoms with Crippen LogP contribution in [0.15, 0.2) is 52.7 Å². The minimum absolute atomic E-state index is 0.115. The Morgan fingerprint density at radius 3 is 2.36 bits per heavy atom. The number of hydrogen-bond acceptors (Lipinski definition) is 5. The van der Waals surface area contributed by atoms with Crippen molar-refractivity contribution in [3.63, 3.8) is 0 Å². The average Bonchev–Trinajstić information content (AvgIpc) is 3.23. The van der Waals surface area contributed by atoms with Gasteiger partial charge in [-0.1, -0.05) is 24.3 Å². The summed E-state index contributed by atoms with van der Waals surface area (Å²) in [5, 5.41) is 5.02. The van der Waals surface area contributed by atoms with E-state index < -0.39 is 10.0 Å². The molecule has 0 aliphatic carbocycles. The molecule has 1 aliphatic heterocycles. The summed E-state index contributed by atoms with van der Waals surface area (Å²) in [6, 6.07) is 12.4. The Balaban J connectivity index is 1.54. The minimum atomic E-state index is -3.51. The number of carbonyl (C=O) groups excluding carboxylic acids is 1. The van der Waals surface area contributed by atoms with Gasteiger partial charge in [-0.25, -0.2) is 13.2 Å². The third kappa shape index (κ3) is 4.72. The molecule has 1 atom stereocenters. The lowest BCUT2D eigenvalue weighted by Gasteiger charge is -2.34. The van der Waals surface area contributed by atoms with Crippen molar-refractivity contribution in [2.45, 2.75) is 10.9 Å². The summed E-state index contributed by atoms with van der Waals surface area (Å²) < 4.78 is 26.8. The van der Waals surface area contributed by atoms with E-state index in [1.807, 2.05) is 25.5 Å². The highest BCUT2D eigenvalue weighted by atomic mass is 32.2. The number of nitrogens with one attached hydrogen (secondary N) is 1. The second-order valence-corrected chi connectivity index (χ2v) is 9.80. The highest BCUT2D eigenvalue weighted by Gasteiger charge is 2.30. The number of carbonyl (C=O) groups is 1. The summed E-state index contributed by atoms with van der Waals surface area (Å²) in [4.78, 5) is 17.8. The van der Waals surface area contributed by atoms with E-state index in [-0.39, 0.29) is 17.0 Å². The number of benzene rings is 1. The first-order valence-electron chi connectivity index (χ1n) is 9.17. The first kappa shape index (κ1) is 20.8. The molecule has 2 aromatic rings. The zero-order valence-electron chi connectivity index (χ0n) is 16.1. The quantitative estimate of drug-likeness (QED) is 0.774. The van der Waals surface area contributed by atoms with E-state index in [9.17, 15) is 13.2 Å².